The van der Waals surface area contributed by atoms with E-state index in [4.69, 9.17) is 5.11 Å². The van der Waals surface area contributed by atoms with Crippen molar-refractivity contribution in [2.45, 2.75) is 44.6 Å². The van der Waals surface area contributed by atoms with E-state index in [0.29, 0.717) is 19.3 Å². The molecule has 2 atom stereocenters. The van der Waals surface area contributed by atoms with Gasteiger partial charge in [0.05, 0.1) is 11.5 Å². The third-order valence-electron chi connectivity index (χ3n) is 2.65. The quantitative estimate of drug-likeness (QED) is 0.588. The van der Waals surface area contributed by atoms with Crippen LogP contribution in [0.2, 0.25) is 0 Å². The van der Waals surface area contributed by atoms with Crippen LogP contribution < -0.4 is 0 Å². The maximum atomic E-state index is 10.6. The van der Waals surface area contributed by atoms with Crippen LogP contribution in [0.3, 0.4) is 0 Å². The number of aliphatic carboxylic acids is 1. The van der Waals surface area contributed by atoms with Gasteiger partial charge >= 0.3 is 5.97 Å². The maximum Gasteiger partial charge on any atom is 0.306 e. The van der Waals surface area contributed by atoms with E-state index in [0.717, 1.165) is 12.8 Å². The zero-order valence-electron chi connectivity index (χ0n) is 7.42. The van der Waals surface area contributed by atoms with Crippen LogP contribution in [0.5, 0.6) is 0 Å². The first-order valence-electron chi connectivity index (χ1n) is 4.46. The van der Waals surface area contributed by atoms with Crippen LogP contribution in [-0.4, -0.2) is 21.8 Å². The normalized spacial score (nSPS) is 37.3. The van der Waals surface area contributed by atoms with Crippen LogP contribution in [0.4, 0.5) is 0 Å². The minimum absolute atomic E-state index is 0.237. The predicted molar refractivity (Wildman–Crippen MR) is 44.8 cm³/mol. The fraction of sp³-hybridized carbons (Fsp3) is 0.889. The van der Waals surface area contributed by atoms with Crippen molar-refractivity contribution in [1.82, 2.24) is 0 Å². The standard InChI is InChI=1S/C9H16O3/c1-9(12)5-2-3-7(4-6-9)8(10)11/h7,12H,2-6H2,1H3,(H,10,11). The summed E-state index contributed by atoms with van der Waals surface area (Å²) in [5, 5.41) is 18.4. The van der Waals surface area contributed by atoms with E-state index >= 15 is 0 Å². The number of hydrogen-bond acceptors (Lipinski definition) is 2. The lowest BCUT2D eigenvalue weighted by Gasteiger charge is -2.19. The summed E-state index contributed by atoms with van der Waals surface area (Å²) in [7, 11) is 0. The van der Waals surface area contributed by atoms with Crippen molar-refractivity contribution in [3.05, 3.63) is 0 Å². The summed E-state index contributed by atoms with van der Waals surface area (Å²) in [5.41, 5.74) is -0.635. The Morgan fingerprint density at radius 1 is 1.42 bits per heavy atom. The fourth-order valence-corrected chi connectivity index (χ4v) is 1.73. The Hall–Kier alpha value is -0.570. The molecule has 1 aliphatic carbocycles. The summed E-state index contributed by atoms with van der Waals surface area (Å²) in [6.45, 7) is 1.79. The van der Waals surface area contributed by atoms with Gasteiger partial charge in [-0.05, 0) is 39.0 Å². The SMILES string of the molecule is CC1(O)CCCC(C(=O)O)CC1. The van der Waals surface area contributed by atoms with Gasteiger partial charge in [0.15, 0.2) is 0 Å². The van der Waals surface area contributed by atoms with Gasteiger partial charge in [0.25, 0.3) is 0 Å². The Balaban J connectivity index is 2.50. The van der Waals surface area contributed by atoms with E-state index in [-0.39, 0.29) is 5.92 Å². The molecule has 0 saturated heterocycles. The van der Waals surface area contributed by atoms with Crippen LogP contribution >= 0.6 is 0 Å². The monoisotopic (exact) mass is 172 g/mol. The summed E-state index contributed by atoms with van der Waals surface area (Å²) in [6.07, 6.45) is 3.50. The van der Waals surface area contributed by atoms with Gasteiger partial charge in [0.1, 0.15) is 0 Å². The van der Waals surface area contributed by atoms with Gasteiger partial charge in [-0.15, -0.1) is 0 Å². The lowest BCUT2D eigenvalue weighted by Crippen LogP contribution is -2.22. The first-order chi connectivity index (χ1) is 5.51. The molecule has 0 aromatic carbocycles. The van der Waals surface area contributed by atoms with Crippen LogP contribution in [0, 0.1) is 5.92 Å². The third kappa shape index (κ3) is 2.48. The van der Waals surface area contributed by atoms with E-state index in [1.165, 1.54) is 0 Å². The Bertz CT molecular complexity index is 175. The molecule has 0 aliphatic heterocycles. The highest BCUT2D eigenvalue weighted by Gasteiger charge is 2.28. The molecule has 0 aromatic rings. The minimum atomic E-state index is -0.715. The molecule has 2 unspecified atom stereocenters. The van der Waals surface area contributed by atoms with Gasteiger partial charge in [-0.3, -0.25) is 4.79 Å². The highest BCUT2D eigenvalue weighted by atomic mass is 16.4. The van der Waals surface area contributed by atoms with Gasteiger partial charge in [0.2, 0.25) is 0 Å². The van der Waals surface area contributed by atoms with Crippen LogP contribution in [-0.2, 0) is 4.79 Å². The first kappa shape index (κ1) is 9.52. The van der Waals surface area contributed by atoms with E-state index in [2.05, 4.69) is 0 Å². The van der Waals surface area contributed by atoms with E-state index in [9.17, 15) is 9.90 Å². The molecule has 0 aromatic heterocycles. The van der Waals surface area contributed by atoms with Crippen LogP contribution in [0.25, 0.3) is 0 Å². The third-order valence-corrected chi connectivity index (χ3v) is 2.65. The van der Waals surface area contributed by atoms with Crippen molar-refractivity contribution in [3.8, 4) is 0 Å². The van der Waals surface area contributed by atoms with Crippen LogP contribution in [0.1, 0.15) is 39.0 Å². The maximum absolute atomic E-state index is 10.6. The van der Waals surface area contributed by atoms with Crippen LogP contribution in [0.15, 0.2) is 0 Å². The molecule has 1 aliphatic rings. The summed E-state index contributed by atoms with van der Waals surface area (Å²) in [4.78, 5) is 10.6. The summed E-state index contributed by atoms with van der Waals surface area (Å²) in [6, 6.07) is 0. The molecule has 1 rings (SSSR count). The van der Waals surface area contributed by atoms with E-state index in [1.54, 1.807) is 6.92 Å². The van der Waals surface area contributed by atoms with Crippen molar-refractivity contribution in [2.75, 3.05) is 0 Å². The predicted octanol–water partition coefficient (Wildman–Crippen LogP) is 1.40. The Kier molecular flexibility index (Phi) is 2.73. The first-order valence-corrected chi connectivity index (χ1v) is 4.46. The largest absolute Gasteiger partial charge is 0.481 e. The summed E-state index contributed by atoms with van der Waals surface area (Å²) >= 11 is 0. The van der Waals surface area contributed by atoms with Gasteiger partial charge in [0, 0.05) is 0 Å². The lowest BCUT2D eigenvalue weighted by atomic mass is 9.96. The number of carboxylic acid groups (broad SMARTS) is 1. The van der Waals surface area contributed by atoms with E-state index < -0.39 is 11.6 Å². The smallest absolute Gasteiger partial charge is 0.306 e. The van der Waals surface area contributed by atoms with Crippen molar-refractivity contribution in [1.29, 1.82) is 0 Å². The van der Waals surface area contributed by atoms with Gasteiger partial charge < -0.3 is 10.2 Å². The molecule has 3 heteroatoms. The summed E-state index contributed by atoms with van der Waals surface area (Å²) < 4.78 is 0. The highest BCUT2D eigenvalue weighted by molar-refractivity contribution is 5.69. The molecule has 0 radical (unpaired) electrons. The van der Waals surface area contributed by atoms with Gasteiger partial charge in [-0.25, -0.2) is 0 Å². The number of carboxylic acids is 1. The molecule has 1 saturated carbocycles. The van der Waals surface area contributed by atoms with E-state index in [1.807, 2.05) is 0 Å². The van der Waals surface area contributed by atoms with Crippen molar-refractivity contribution >= 4 is 5.97 Å². The van der Waals surface area contributed by atoms with Gasteiger partial charge in [-0.1, -0.05) is 0 Å². The number of hydrogen-bond donors (Lipinski definition) is 2. The Labute approximate surface area is 72.4 Å². The second-order valence-corrected chi connectivity index (χ2v) is 3.96. The zero-order valence-corrected chi connectivity index (χ0v) is 7.42. The molecule has 70 valence electrons. The molecular weight excluding hydrogens is 156 g/mol. The molecule has 0 heterocycles. The second kappa shape index (κ2) is 3.44. The molecule has 0 amide bonds. The molecule has 0 spiro atoms. The van der Waals surface area contributed by atoms with Crippen molar-refractivity contribution in [2.24, 2.45) is 5.92 Å². The van der Waals surface area contributed by atoms with Gasteiger partial charge in [-0.2, -0.15) is 0 Å². The number of rotatable bonds is 1. The lowest BCUT2D eigenvalue weighted by molar-refractivity contribution is -0.142. The van der Waals surface area contributed by atoms with Crippen molar-refractivity contribution < 1.29 is 15.0 Å². The van der Waals surface area contributed by atoms with Crippen molar-refractivity contribution in [3.63, 3.8) is 0 Å². The molecule has 2 N–H and O–H groups in total. The molecule has 12 heavy (non-hydrogen) atoms. The molecule has 0 bridgehead atoms. The molecule has 1 fully saturated rings. The second-order valence-electron chi connectivity index (χ2n) is 3.96. The number of carbonyl (C=O) groups is 1. The highest BCUT2D eigenvalue weighted by Crippen LogP contribution is 2.29. The average Bonchev–Trinajstić information content (AvgIpc) is 2.10. The Morgan fingerprint density at radius 2 is 2.08 bits per heavy atom. The fourth-order valence-electron chi connectivity index (χ4n) is 1.73. The minimum Gasteiger partial charge on any atom is -0.481 e. The summed E-state index contributed by atoms with van der Waals surface area (Å²) in [5.74, 6) is -0.952. The number of aliphatic hydroxyl groups is 1. The zero-order chi connectivity index (χ0) is 9.19. The Morgan fingerprint density at radius 3 is 2.67 bits per heavy atom. The molecular formula is C9H16O3. The topological polar surface area (TPSA) is 57.5 Å². The molecule has 3 nitrogen and oxygen atoms in total. The average molecular weight is 172 g/mol.